The third-order valence-corrected chi connectivity index (χ3v) is 4.01. The molecule has 5 nitrogen and oxygen atoms in total. The van der Waals surface area contributed by atoms with Crippen molar-refractivity contribution < 1.29 is 14.7 Å². The van der Waals surface area contributed by atoms with Gasteiger partial charge in [-0.25, -0.2) is 4.79 Å². The molecular weight excluding hydrogens is 316 g/mol. The molecule has 2 rings (SSSR count). The minimum Gasteiger partial charge on any atom is -0.475 e. The summed E-state index contributed by atoms with van der Waals surface area (Å²) >= 11 is 5.82. The number of halogens is 1. The summed E-state index contributed by atoms with van der Waals surface area (Å²) in [5, 5.41) is 19.3. The van der Waals surface area contributed by atoms with Gasteiger partial charge < -0.3 is 5.11 Å². The maximum absolute atomic E-state index is 12.7. The Labute approximate surface area is 138 Å². The Kier molecular flexibility index (Phi) is 4.77. The smallest absolute Gasteiger partial charge is 0.441 e. The van der Waals surface area contributed by atoms with Gasteiger partial charge in [-0.05, 0) is 30.3 Å². The first kappa shape index (κ1) is 16.7. The Morgan fingerprint density at radius 1 is 1.17 bits per heavy atom. The van der Waals surface area contributed by atoms with Crippen LogP contribution in [0.25, 0.3) is 4.98 Å². The van der Waals surface area contributed by atoms with Gasteiger partial charge in [-0.15, -0.1) is 0 Å². The van der Waals surface area contributed by atoms with E-state index < -0.39 is 11.5 Å². The molecule has 0 amide bonds. The number of aliphatic carboxylic acids is 1. The van der Waals surface area contributed by atoms with E-state index in [1.54, 1.807) is 43.3 Å². The highest BCUT2D eigenvalue weighted by Gasteiger charge is 2.55. The molecule has 1 unspecified atom stereocenters. The van der Waals surface area contributed by atoms with E-state index in [-0.39, 0.29) is 23.3 Å². The monoisotopic (exact) mass is 329 g/mol. The molecule has 0 bridgehead atoms. The van der Waals surface area contributed by atoms with Gasteiger partial charge in [-0.2, -0.15) is 0 Å². The lowest BCUT2D eigenvalue weighted by molar-refractivity contribution is -0.142. The summed E-state index contributed by atoms with van der Waals surface area (Å²) in [6.07, 6.45) is 0.00371. The molecular formula is C17H14ClN2O3+. The molecule has 0 saturated heterocycles. The van der Waals surface area contributed by atoms with Crippen molar-refractivity contribution in [2.75, 3.05) is 0 Å². The van der Waals surface area contributed by atoms with Crippen LogP contribution in [0, 0.1) is 5.39 Å². The predicted octanol–water partition coefficient (Wildman–Crippen LogP) is 4.11. The van der Waals surface area contributed by atoms with Crippen molar-refractivity contribution in [1.29, 1.82) is 5.39 Å². The fraction of sp³-hybridized carbons (Fsp3) is 0.176. The quantitative estimate of drug-likeness (QED) is 0.661. The van der Waals surface area contributed by atoms with E-state index in [1.807, 2.05) is 0 Å². The van der Waals surface area contributed by atoms with Crippen LogP contribution in [-0.2, 0) is 10.3 Å². The molecule has 0 aromatic heterocycles. The van der Waals surface area contributed by atoms with Crippen LogP contribution in [0.2, 0.25) is 5.02 Å². The maximum atomic E-state index is 12.7. The SMILES string of the molecule is CCC([N+]#N)(C(=O)O)c1ccccc1C(=O)c1ccc(Cl)cc1. The van der Waals surface area contributed by atoms with Gasteiger partial charge in [0.05, 0.1) is 5.56 Å². The van der Waals surface area contributed by atoms with Crippen molar-refractivity contribution in [3.8, 4) is 0 Å². The van der Waals surface area contributed by atoms with E-state index in [4.69, 9.17) is 11.6 Å². The molecule has 0 spiro atoms. The highest BCUT2D eigenvalue weighted by Crippen LogP contribution is 2.33. The van der Waals surface area contributed by atoms with Crippen LogP contribution in [0.4, 0.5) is 0 Å². The van der Waals surface area contributed by atoms with Gasteiger partial charge in [0.25, 0.3) is 0 Å². The number of hydrogen-bond donors (Lipinski definition) is 1. The lowest BCUT2D eigenvalue weighted by atomic mass is 9.83. The molecule has 2 aromatic carbocycles. The maximum Gasteiger partial charge on any atom is 0.441 e. The summed E-state index contributed by atoms with van der Waals surface area (Å²) in [5.41, 5.74) is -1.18. The number of diazo groups is 1. The third-order valence-electron chi connectivity index (χ3n) is 3.76. The molecule has 0 radical (unpaired) electrons. The summed E-state index contributed by atoms with van der Waals surface area (Å²) in [5.74, 6) is -1.68. The highest BCUT2D eigenvalue weighted by atomic mass is 35.5. The molecule has 0 aliphatic heterocycles. The first-order valence-corrected chi connectivity index (χ1v) is 7.33. The van der Waals surface area contributed by atoms with Crippen molar-refractivity contribution in [3.63, 3.8) is 0 Å². The van der Waals surface area contributed by atoms with Gasteiger partial charge in [-0.1, -0.05) is 36.7 Å². The average molecular weight is 330 g/mol. The highest BCUT2D eigenvalue weighted by molar-refractivity contribution is 6.30. The van der Waals surface area contributed by atoms with Gasteiger partial charge in [0.1, 0.15) is 4.98 Å². The number of ketones is 1. The van der Waals surface area contributed by atoms with Crippen molar-refractivity contribution in [2.24, 2.45) is 0 Å². The van der Waals surface area contributed by atoms with Crippen molar-refractivity contribution >= 4 is 23.4 Å². The van der Waals surface area contributed by atoms with E-state index in [2.05, 4.69) is 4.98 Å². The largest absolute Gasteiger partial charge is 0.475 e. The van der Waals surface area contributed by atoms with Crippen LogP contribution < -0.4 is 0 Å². The fourth-order valence-electron chi connectivity index (χ4n) is 2.42. The standard InChI is InChI=1S/C17H13ClN2O3/c1-2-17(20-19,16(22)23)14-6-4-3-5-13(14)15(21)11-7-9-12(18)10-8-11/h3-10H,2H2,1H3/p+1. The second-order valence-electron chi connectivity index (χ2n) is 5.00. The first-order valence-electron chi connectivity index (χ1n) is 6.95. The number of hydrogen-bond acceptors (Lipinski definition) is 3. The molecule has 0 aliphatic rings. The Bertz CT molecular complexity index is 796. The Morgan fingerprint density at radius 2 is 1.78 bits per heavy atom. The lowest BCUT2D eigenvalue weighted by Gasteiger charge is -2.13. The van der Waals surface area contributed by atoms with E-state index in [0.717, 1.165) is 0 Å². The lowest BCUT2D eigenvalue weighted by Crippen LogP contribution is -2.33. The number of carbonyl (C=O) groups excluding carboxylic acids is 1. The molecule has 1 atom stereocenters. The summed E-state index contributed by atoms with van der Waals surface area (Å²) in [6, 6.07) is 12.5. The normalized spacial score (nSPS) is 12.9. The molecule has 0 fully saturated rings. The van der Waals surface area contributed by atoms with Gasteiger partial charge in [-0.3, -0.25) is 4.79 Å². The number of benzene rings is 2. The zero-order valence-corrected chi connectivity index (χ0v) is 13.1. The van der Waals surface area contributed by atoms with Crippen LogP contribution in [0.5, 0.6) is 0 Å². The fourth-order valence-corrected chi connectivity index (χ4v) is 2.55. The first-order chi connectivity index (χ1) is 11.0. The van der Waals surface area contributed by atoms with Crippen molar-refractivity contribution in [1.82, 2.24) is 0 Å². The number of carboxylic acids is 1. The Morgan fingerprint density at radius 3 is 2.30 bits per heavy atom. The van der Waals surface area contributed by atoms with Crippen LogP contribution >= 0.6 is 11.6 Å². The van der Waals surface area contributed by atoms with Gasteiger partial charge in [0, 0.05) is 22.6 Å². The molecule has 0 saturated carbocycles. The third kappa shape index (κ3) is 2.94. The molecule has 6 heteroatoms. The topological polar surface area (TPSA) is 82.5 Å². The molecule has 116 valence electrons. The van der Waals surface area contributed by atoms with Gasteiger partial charge in [0.2, 0.25) is 5.39 Å². The van der Waals surface area contributed by atoms with E-state index in [9.17, 15) is 20.1 Å². The Balaban J connectivity index is 2.62. The predicted molar refractivity (Wildman–Crippen MR) is 86.0 cm³/mol. The minimum atomic E-state index is -1.88. The summed E-state index contributed by atoms with van der Waals surface area (Å²) in [4.78, 5) is 27.5. The van der Waals surface area contributed by atoms with Crippen LogP contribution in [0.3, 0.4) is 0 Å². The number of rotatable bonds is 5. The average Bonchev–Trinajstić information content (AvgIpc) is 2.57. The van der Waals surface area contributed by atoms with Gasteiger partial charge >= 0.3 is 11.5 Å². The van der Waals surface area contributed by atoms with Gasteiger partial charge in [0.15, 0.2) is 5.78 Å². The zero-order chi connectivity index (χ0) is 17.0. The molecule has 1 N–H and O–H groups in total. The number of carbonyl (C=O) groups is 2. The van der Waals surface area contributed by atoms with Crippen molar-refractivity contribution in [3.05, 3.63) is 75.2 Å². The summed E-state index contributed by atoms with van der Waals surface area (Å²) < 4.78 is 0. The summed E-state index contributed by atoms with van der Waals surface area (Å²) in [7, 11) is 0. The van der Waals surface area contributed by atoms with Crippen LogP contribution in [0.15, 0.2) is 48.5 Å². The van der Waals surface area contributed by atoms with Crippen molar-refractivity contribution in [2.45, 2.75) is 18.9 Å². The minimum absolute atomic E-state index is 0.00371. The molecule has 0 aliphatic carbocycles. The second kappa shape index (κ2) is 6.59. The van der Waals surface area contributed by atoms with Crippen LogP contribution in [0.1, 0.15) is 34.8 Å². The molecule has 2 aromatic rings. The van der Waals surface area contributed by atoms with E-state index >= 15 is 0 Å². The number of carboxylic acid groups (broad SMARTS) is 1. The van der Waals surface area contributed by atoms with E-state index in [0.29, 0.717) is 10.6 Å². The number of nitrogens with zero attached hydrogens (tertiary/aromatic N) is 2. The Hall–Kier alpha value is -2.71. The summed E-state index contributed by atoms with van der Waals surface area (Å²) in [6.45, 7) is 1.58. The zero-order valence-electron chi connectivity index (χ0n) is 12.4. The van der Waals surface area contributed by atoms with Crippen LogP contribution in [-0.4, -0.2) is 16.9 Å². The molecule has 23 heavy (non-hydrogen) atoms. The second-order valence-corrected chi connectivity index (χ2v) is 5.44. The molecule has 0 heterocycles. The van der Waals surface area contributed by atoms with E-state index in [1.165, 1.54) is 12.1 Å².